The lowest BCUT2D eigenvalue weighted by Crippen LogP contribution is -2.36. The third-order valence-corrected chi connectivity index (χ3v) is 2.48. The lowest BCUT2D eigenvalue weighted by Gasteiger charge is -2.17. The summed E-state index contributed by atoms with van der Waals surface area (Å²) < 4.78 is 0. The van der Waals surface area contributed by atoms with Crippen LogP contribution in [0.15, 0.2) is 24.3 Å². The van der Waals surface area contributed by atoms with Crippen LogP contribution in [0.4, 0.5) is 5.69 Å². The second-order valence-electron chi connectivity index (χ2n) is 5.30. The van der Waals surface area contributed by atoms with Crippen LogP contribution in [0.3, 0.4) is 0 Å². The Hall–Kier alpha value is -1.88. The minimum absolute atomic E-state index is 0.104. The summed E-state index contributed by atoms with van der Waals surface area (Å²) in [4.78, 5) is 22.1. The van der Waals surface area contributed by atoms with Gasteiger partial charge in [-0.1, -0.05) is 12.1 Å². The molecule has 19 heavy (non-hydrogen) atoms. The molecule has 0 aliphatic rings. The van der Waals surface area contributed by atoms with Gasteiger partial charge in [-0.05, 0) is 38.0 Å². The molecule has 0 saturated heterocycles. The van der Waals surface area contributed by atoms with Crippen LogP contribution in [0.2, 0.25) is 0 Å². The summed E-state index contributed by atoms with van der Waals surface area (Å²) >= 11 is 0. The van der Waals surface area contributed by atoms with Gasteiger partial charge in [-0.3, -0.25) is 9.59 Å². The van der Waals surface area contributed by atoms with E-state index in [0.29, 0.717) is 12.1 Å². The van der Waals surface area contributed by atoms with Crippen molar-refractivity contribution in [3.05, 3.63) is 29.8 Å². The van der Waals surface area contributed by atoms with E-state index in [2.05, 4.69) is 5.32 Å². The molecular formula is C14H20N2O3. The average molecular weight is 264 g/mol. The summed E-state index contributed by atoms with van der Waals surface area (Å²) in [6, 6.07) is 7.15. The first-order chi connectivity index (χ1) is 8.76. The van der Waals surface area contributed by atoms with Gasteiger partial charge in [0.1, 0.15) is 0 Å². The summed E-state index contributed by atoms with van der Waals surface area (Å²) in [5.41, 5.74) is 6.85. The Balaban J connectivity index is 2.52. The number of rotatable bonds is 6. The van der Waals surface area contributed by atoms with Crippen molar-refractivity contribution < 1.29 is 14.7 Å². The molecule has 0 fully saturated rings. The van der Waals surface area contributed by atoms with Crippen molar-refractivity contribution in [2.24, 2.45) is 5.73 Å². The molecule has 0 unspecified atom stereocenters. The third kappa shape index (κ3) is 6.57. The number of anilines is 1. The lowest BCUT2D eigenvalue weighted by molar-refractivity contribution is -0.137. The maximum atomic E-state index is 11.7. The Morgan fingerprint density at radius 1 is 1.26 bits per heavy atom. The molecule has 0 aliphatic heterocycles. The van der Waals surface area contributed by atoms with Gasteiger partial charge >= 0.3 is 5.97 Å². The van der Waals surface area contributed by atoms with E-state index in [1.165, 1.54) is 0 Å². The van der Waals surface area contributed by atoms with Gasteiger partial charge in [0, 0.05) is 24.1 Å². The van der Waals surface area contributed by atoms with Crippen LogP contribution >= 0.6 is 0 Å². The molecule has 1 aromatic carbocycles. The Kier molecular flexibility index (Phi) is 5.06. The molecule has 4 N–H and O–H groups in total. The van der Waals surface area contributed by atoms with Crippen molar-refractivity contribution in [2.75, 3.05) is 5.32 Å². The molecule has 0 aromatic heterocycles. The van der Waals surface area contributed by atoms with Crippen LogP contribution in [0.25, 0.3) is 0 Å². The van der Waals surface area contributed by atoms with Crippen molar-refractivity contribution in [2.45, 2.75) is 38.6 Å². The zero-order chi connectivity index (χ0) is 14.5. The van der Waals surface area contributed by atoms with Gasteiger partial charge in [-0.2, -0.15) is 0 Å². The predicted octanol–water partition coefficient (Wildman–Crippen LogP) is 1.77. The SMILES string of the molecule is CC(C)(N)CC(=O)Nc1ccc(CCC(=O)O)cc1. The number of carbonyl (C=O) groups excluding carboxylic acids is 1. The van der Waals surface area contributed by atoms with Gasteiger partial charge in [-0.15, -0.1) is 0 Å². The highest BCUT2D eigenvalue weighted by atomic mass is 16.4. The average Bonchev–Trinajstić information content (AvgIpc) is 2.25. The molecule has 0 heterocycles. The molecule has 0 bridgehead atoms. The predicted molar refractivity (Wildman–Crippen MR) is 73.9 cm³/mol. The summed E-state index contributed by atoms with van der Waals surface area (Å²) in [7, 11) is 0. The molecule has 0 atom stereocenters. The molecule has 0 radical (unpaired) electrons. The Bertz CT molecular complexity index is 447. The number of benzene rings is 1. The van der Waals surface area contributed by atoms with E-state index >= 15 is 0 Å². The van der Waals surface area contributed by atoms with Gasteiger partial charge in [0.05, 0.1) is 0 Å². The molecule has 5 heteroatoms. The Morgan fingerprint density at radius 2 is 1.84 bits per heavy atom. The number of carboxylic acid groups (broad SMARTS) is 1. The molecule has 5 nitrogen and oxygen atoms in total. The van der Waals surface area contributed by atoms with Crippen LogP contribution in [-0.2, 0) is 16.0 Å². The van der Waals surface area contributed by atoms with E-state index < -0.39 is 11.5 Å². The number of carboxylic acids is 1. The molecule has 0 aliphatic carbocycles. The summed E-state index contributed by atoms with van der Waals surface area (Å²) in [5.74, 6) is -0.951. The highest BCUT2D eigenvalue weighted by Gasteiger charge is 2.16. The monoisotopic (exact) mass is 264 g/mol. The van der Waals surface area contributed by atoms with Crippen molar-refractivity contribution in [3.63, 3.8) is 0 Å². The lowest BCUT2D eigenvalue weighted by atomic mass is 10.0. The summed E-state index contributed by atoms with van der Waals surface area (Å²) in [6.45, 7) is 3.59. The topological polar surface area (TPSA) is 92.4 Å². The zero-order valence-electron chi connectivity index (χ0n) is 11.3. The standard InChI is InChI=1S/C14H20N2O3/c1-14(2,15)9-12(17)16-11-6-3-10(4-7-11)5-8-13(18)19/h3-4,6-7H,5,8-9,15H2,1-2H3,(H,16,17)(H,18,19). The quantitative estimate of drug-likeness (QED) is 0.730. The van der Waals surface area contributed by atoms with Crippen LogP contribution in [0.1, 0.15) is 32.3 Å². The van der Waals surface area contributed by atoms with Crippen LogP contribution in [-0.4, -0.2) is 22.5 Å². The number of aryl methyl sites for hydroxylation is 1. The van der Waals surface area contributed by atoms with Crippen molar-refractivity contribution in [3.8, 4) is 0 Å². The Labute approximate surface area is 112 Å². The number of nitrogens with two attached hydrogens (primary N) is 1. The zero-order valence-corrected chi connectivity index (χ0v) is 11.3. The first kappa shape index (κ1) is 15.2. The van der Waals surface area contributed by atoms with E-state index in [-0.39, 0.29) is 18.7 Å². The number of hydrogen-bond acceptors (Lipinski definition) is 3. The molecule has 1 amide bonds. The smallest absolute Gasteiger partial charge is 0.303 e. The number of hydrogen-bond donors (Lipinski definition) is 3. The van der Waals surface area contributed by atoms with Crippen molar-refractivity contribution in [1.82, 2.24) is 0 Å². The minimum Gasteiger partial charge on any atom is -0.481 e. The maximum Gasteiger partial charge on any atom is 0.303 e. The fraction of sp³-hybridized carbons (Fsp3) is 0.429. The number of aliphatic carboxylic acids is 1. The molecular weight excluding hydrogens is 244 g/mol. The Morgan fingerprint density at radius 3 is 2.32 bits per heavy atom. The van der Waals surface area contributed by atoms with E-state index in [4.69, 9.17) is 10.8 Å². The number of carbonyl (C=O) groups is 2. The number of nitrogens with one attached hydrogen (secondary N) is 1. The normalized spacial score (nSPS) is 11.1. The van der Waals surface area contributed by atoms with Crippen molar-refractivity contribution in [1.29, 1.82) is 0 Å². The highest BCUT2D eigenvalue weighted by Crippen LogP contribution is 2.13. The highest BCUT2D eigenvalue weighted by molar-refractivity contribution is 5.91. The van der Waals surface area contributed by atoms with Gasteiger partial charge in [0.25, 0.3) is 0 Å². The van der Waals surface area contributed by atoms with E-state index in [1.54, 1.807) is 26.0 Å². The molecule has 1 aromatic rings. The van der Waals surface area contributed by atoms with E-state index in [1.807, 2.05) is 12.1 Å². The first-order valence-electron chi connectivity index (χ1n) is 6.16. The second kappa shape index (κ2) is 6.33. The fourth-order valence-corrected chi connectivity index (χ4v) is 1.63. The van der Waals surface area contributed by atoms with Crippen molar-refractivity contribution >= 4 is 17.6 Å². The third-order valence-electron chi connectivity index (χ3n) is 2.48. The fourth-order valence-electron chi connectivity index (χ4n) is 1.63. The maximum absolute atomic E-state index is 11.7. The minimum atomic E-state index is -0.817. The summed E-state index contributed by atoms with van der Waals surface area (Å²) in [5, 5.41) is 11.3. The van der Waals surface area contributed by atoms with Gasteiger partial charge in [0.2, 0.25) is 5.91 Å². The second-order valence-corrected chi connectivity index (χ2v) is 5.30. The van der Waals surface area contributed by atoms with Crippen LogP contribution < -0.4 is 11.1 Å². The molecule has 1 rings (SSSR count). The summed E-state index contributed by atoms with van der Waals surface area (Å²) in [6.07, 6.45) is 0.834. The van der Waals surface area contributed by atoms with E-state index in [9.17, 15) is 9.59 Å². The molecule has 0 saturated carbocycles. The van der Waals surface area contributed by atoms with Crippen LogP contribution in [0.5, 0.6) is 0 Å². The molecule has 104 valence electrons. The first-order valence-corrected chi connectivity index (χ1v) is 6.16. The van der Waals surface area contributed by atoms with Gasteiger partial charge in [0.15, 0.2) is 0 Å². The van der Waals surface area contributed by atoms with Crippen LogP contribution in [0, 0.1) is 0 Å². The van der Waals surface area contributed by atoms with Gasteiger partial charge < -0.3 is 16.2 Å². The number of amides is 1. The van der Waals surface area contributed by atoms with E-state index in [0.717, 1.165) is 5.56 Å². The van der Waals surface area contributed by atoms with Gasteiger partial charge in [-0.25, -0.2) is 0 Å². The largest absolute Gasteiger partial charge is 0.481 e. The molecule has 0 spiro atoms.